The van der Waals surface area contributed by atoms with Gasteiger partial charge in [-0.15, -0.1) is 0 Å². The second-order valence-electron chi connectivity index (χ2n) is 29.2. The Morgan fingerprint density at radius 1 is 0.359 bits per heavy atom. The number of carbonyl (C=O) groups is 1. The SMILES string of the molecule is CC/C=C\C/C=C\C/C=C\C/C=C\C/C=C\CCCCCCCCCCCCCCCCCCCCCCCCCC(=O)NC(COC1OC(CO)C(OC2OC(CO)C(OC3OC(CO)C(O)C(O)C3O)C(O)C2O)C(O)C1O)C(O)/C=C/CC/C=C/CCCCCCCCCCCCCCC. The highest BCUT2D eigenvalue weighted by Crippen LogP contribution is 2.33. The summed E-state index contributed by atoms with van der Waals surface area (Å²) in [5, 5.41) is 121. The first kappa shape index (κ1) is 94.2. The summed E-state index contributed by atoms with van der Waals surface area (Å²) < 4.78 is 34.4. The maximum absolute atomic E-state index is 13.5. The van der Waals surface area contributed by atoms with Crippen molar-refractivity contribution in [1.82, 2.24) is 5.32 Å². The van der Waals surface area contributed by atoms with Gasteiger partial charge in [-0.05, 0) is 77.0 Å². The van der Waals surface area contributed by atoms with E-state index in [4.69, 9.17) is 28.4 Å². The smallest absolute Gasteiger partial charge is 0.220 e. The predicted octanol–water partition coefficient (Wildman–Crippen LogP) is 14.2. The Labute approximate surface area is 622 Å². The highest BCUT2D eigenvalue weighted by molar-refractivity contribution is 5.76. The number of unbranched alkanes of at least 4 members (excludes halogenated alkanes) is 37. The van der Waals surface area contributed by atoms with Crippen LogP contribution in [0.25, 0.3) is 0 Å². The lowest BCUT2D eigenvalue weighted by atomic mass is 9.96. The third-order valence-corrected chi connectivity index (χ3v) is 20.2. The van der Waals surface area contributed by atoms with Crippen LogP contribution in [-0.4, -0.2) is 193 Å². The van der Waals surface area contributed by atoms with Gasteiger partial charge in [0.05, 0.1) is 38.6 Å². The van der Waals surface area contributed by atoms with Crippen molar-refractivity contribution in [2.24, 2.45) is 0 Å². The largest absolute Gasteiger partial charge is 0.394 e. The van der Waals surface area contributed by atoms with Gasteiger partial charge in [-0.2, -0.15) is 0 Å². The number of ether oxygens (including phenoxy) is 6. The van der Waals surface area contributed by atoms with Crippen LogP contribution in [0.4, 0.5) is 0 Å². The molecule has 3 saturated heterocycles. The average molecular weight is 1460 g/mol. The molecule has 1 amide bonds. The first-order valence-electron chi connectivity index (χ1n) is 41.3. The Kier molecular flexibility index (Phi) is 58.4. The zero-order valence-corrected chi connectivity index (χ0v) is 64.0. The number of nitrogens with one attached hydrogen (secondary N) is 1. The fourth-order valence-electron chi connectivity index (χ4n) is 13.6. The minimum Gasteiger partial charge on any atom is -0.394 e. The molecule has 0 aromatic heterocycles. The Morgan fingerprint density at radius 3 is 1.09 bits per heavy atom. The summed E-state index contributed by atoms with van der Waals surface area (Å²) >= 11 is 0. The second kappa shape index (κ2) is 63.9. The van der Waals surface area contributed by atoms with Crippen molar-refractivity contribution in [3.8, 4) is 0 Å². The summed E-state index contributed by atoms with van der Waals surface area (Å²) in [4.78, 5) is 13.5. The predicted molar refractivity (Wildman–Crippen MR) is 411 cm³/mol. The molecular formula is C84H149NO18. The molecule has 3 aliphatic heterocycles. The molecule has 12 N–H and O–H groups in total. The molecule has 17 unspecified atom stereocenters. The third-order valence-electron chi connectivity index (χ3n) is 20.2. The molecule has 19 heteroatoms. The summed E-state index contributed by atoms with van der Waals surface area (Å²) in [6, 6.07) is -0.992. The molecule has 3 aliphatic rings. The molecule has 3 rings (SSSR count). The summed E-state index contributed by atoms with van der Waals surface area (Å²) in [5.41, 5.74) is 0. The van der Waals surface area contributed by atoms with Gasteiger partial charge in [0, 0.05) is 6.42 Å². The molecule has 0 bridgehead atoms. The van der Waals surface area contributed by atoms with Gasteiger partial charge in [0.1, 0.15) is 73.2 Å². The number of allylic oxidation sites excluding steroid dienone is 13. The summed E-state index contributed by atoms with van der Waals surface area (Å²) in [7, 11) is 0. The normalized spacial score (nSPS) is 26.5. The maximum atomic E-state index is 13.5. The van der Waals surface area contributed by atoms with E-state index in [1.165, 1.54) is 205 Å². The molecule has 17 atom stereocenters. The molecule has 0 aromatic carbocycles. The highest BCUT2D eigenvalue weighted by Gasteiger charge is 2.54. The molecule has 0 spiro atoms. The second-order valence-corrected chi connectivity index (χ2v) is 29.2. The lowest BCUT2D eigenvalue weighted by Gasteiger charge is -2.48. The van der Waals surface area contributed by atoms with Crippen molar-refractivity contribution in [3.63, 3.8) is 0 Å². The Bertz CT molecular complexity index is 2190. The van der Waals surface area contributed by atoms with E-state index in [0.29, 0.717) is 12.8 Å². The first-order chi connectivity index (χ1) is 50.3. The Balaban J connectivity index is 1.32. The van der Waals surface area contributed by atoms with Crippen LogP contribution in [0.1, 0.15) is 309 Å². The minimum absolute atomic E-state index is 0.236. The van der Waals surface area contributed by atoms with E-state index in [1.54, 1.807) is 6.08 Å². The number of amides is 1. The molecular weight excluding hydrogens is 1310 g/mol. The van der Waals surface area contributed by atoms with Gasteiger partial charge < -0.3 is 89.9 Å². The van der Waals surface area contributed by atoms with E-state index in [0.717, 1.165) is 70.6 Å². The van der Waals surface area contributed by atoms with Crippen molar-refractivity contribution < 1.29 is 89.4 Å². The number of hydrogen-bond acceptors (Lipinski definition) is 18. The average Bonchev–Trinajstić information content (AvgIpc) is 0.781. The molecule has 3 fully saturated rings. The minimum atomic E-state index is -1.98. The van der Waals surface area contributed by atoms with Crippen molar-refractivity contribution >= 4 is 5.91 Å². The van der Waals surface area contributed by atoms with Gasteiger partial charge in [-0.1, -0.05) is 311 Å². The van der Waals surface area contributed by atoms with Crippen LogP contribution in [0.5, 0.6) is 0 Å². The van der Waals surface area contributed by atoms with E-state index in [-0.39, 0.29) is 18.9 Å². The van der Waals surface area contributed by atoms with Crippen LogP contribution in [0.3, 0.4) is 0 Å². The fraction of sp³-hybridized carbons (Fsp3) is 0.821. The van der Waals surface area contributed by atoms with Crippen LogP contribution in [0.15, 0.2) is 85.1 Å². The number of rotatable bonds is 65. The summed E-state index contributed by atoms with van der Waals surface area (Å²) in [6.07, 6.45) is 58.7. The molecule has 0 saturated carbocycles. The van der Waals surface area contributed by atoms with E-state index >= 15 is 0 Å². The van der Waals surface area contributed by atoms with Crippen LogP contribution in [0, 0.1) is 0 Å². The fourth-order valence-corrected chi connectivity index (χ4v) is 13.6. The first-order valence-corrected chi connectivity index (χ1v) is 41.3. The molecule has 0 radical (unpaired) electrons. The van der Waals surface area contributed by atoms with Crippen molar-refractivity contribution in [3.05, 3.63) is 85.1 Å². The number of carbonyl (C=O) groups excluding carboxylic acids is 1. The Morgan fingerprint density at radius 2 is 0.680 bits per heavy atom. The van der Waals surface area contributed by atoms with Crippen LogP contribution in [-0.2, 0) is 33.2 Å². The third kappa shape index (κ3) is 43.7. The molecule has 0 aliphatic carbocycles. The van der Waals surface area contributed by atoms with Gasteiger partial charge in [0.25, 0.3) is 0 Å². The number of aliphatic hydroxyl groups is 11. The molecule has 598 valence electrons. The standard InChI is InChI=1S/C84H149NO18/c1-3-5-7-9-11-13-15-17-19-21-23-24-25-26-27-28-29-30-31-32-33-34-35-36-37-38-39-40-41-42-44-46-48-50-52-54-56-58-60-62-72(90)85-67(68(89)61-59-57-55-53-51-49-47-45-43-22-20-18-16-14-12-10-8-6-4-2)66-98-82-78(96)75(93)80(70(64-87)100-82)103-84-79(97)76(94)81(71(65-88)101-84)102-83-77(95)74(92)73(91)69(63-86)99-83/h5,7,11,13,17,19,23-24,26-27,51,53,59,61,67-71,73-84,86-89,91-97H,3-4,6,8-10,12,14-16,18,20-22,25,28-50,52,54-58,60,62-66H2,1-2H3,(H,85,90)/b7-5-,13-11-,19-17-,24-23-,27-26-,53-51+,61-59+. The number of hydrogen-bond donors (Lipinski definition) is 12. The van der Waals surface area contributed by atoms with E-state index in [9.17, 15) is 61.0 Å². The van der Waals surface area contributed by atoms with E-state index in [2.05, 4.69) is 92.1 Å². The number of aliphatic hydroxyl groups excluding tert-OH is 11. The summed E-state index contributed by atoms with van der Waals surface area (Å²) in [6.45, 7) is 1.63. The van der Waals surface area contributed by atoms with Crippen LogP contribution in [0.2, 0.25) is 0 Å². The van der Waals surface area contributed by atoms with E-state index < -0.39 is 124 Å². The van der Waals surface area contributed by atoms with Gasteiger partial charge in [0.15, 0.2) is 18.9 Å². The van der Waals surface area contributed by atoms with Gasteiger partial charge in [-0.3, -0.25) is 4.79 Å². The van der Waals surface area contributed by atoms with E-state index in [1.807, 2.05) is 6.08 Å². The highest BCUT2D eigenvalue weighted by atomic mass is 16.8. The quantitative estimate of drug-likeness (QED) is 0.0199. The molecule has 103 heavy (non-hydrogen) atoms. The zero-order valence-electron chi connectivity index (χ0n) is 64.0. The van der Waals surface area contributed by atoms with Crippen molar-refractivity contribution in [2.75, 3.05) is 26.4 Å². The lowest BCUT2D eigenvalue weighted by molar-refractivity contribution is -0.379. The van der Waals surface area contributed by atoms with Crippen LogP contribution >= 0.6 is 0 Å². The zero-order chi connectivity index (χ0) is 74.6. The van der Waals surface area contributed by atoms with Crippen molar-refractivity contribution in [1.29, 1.82) is 0 Å². The molecule has 0 aromatic rings. The lowest BCUT2D eigenvalue weighted by Crippen LogP contribution is -2.66. The van der Waals surface area contributed by atoms with Crippen LogP contribution < -0.4 is 5.32 Å². The Hall–Kier alpha value is -3.03. The molecule has 19 nitrogen and oxygen atoms in total. The van der Waals surface area contributed by atoms with Gasteiger partial charge >= 0.3 is 0 Å². The molecule has 3 heterocycles. The topological polar surface area (TPSA) is 307 Å². The summed E-state index contributed by atoms with van der Waals surface area (Å²) in [5.74, 6) is -0.282. The van der Waals surface area contributed by atoms with Gasteiger partial charge in [0.2, 0.25) is 5.91 Å². The maximum Gasteiger partial charge on any atom is 0.220 e. The van der Waals surface area contributed by atoms with Gasteiger partial charge in [-0.25, -0.2) is 0 Å². The monoisotopic (exact) mass is 1460 g/mol. The van der Waals surface area contributed by atoms with Crippen molar-refractivity contribution in [2.45, 2.75) is 413 Å².